The molecule has 1 fully saturated rings. The largest absolute Gasteiger partial charge is 0.368 e. The van der Waals surface area contributed by atoms with E-state index in [0.29, 0.717) is 6.54 Å². The van der Waals surface area contributed by atoms with E-state index in [1.807, 2.05) is 30.1 Å². The Labute approximate surface area is 184 Å². The van der Waals surface area contributed by atoms with Crippen LogP contribution < -0.4 is 9.80 Å². The van der Waals surface area contributed by atoms with Gasteiger partial charge in [0.15, 0.2) is 0 Å². The lowest BCUT2D eigenvalue weighted by Crippen LogP contribution is -2.61. The molecule has 3 aromatic carbocycles. The van der Waals surface area contributed by atoms with Crippen LogP contribution in [0.3, 0.4) is 0 Å². The van der Waals surface area contributed by atoms with E-state index in [9.17, 15) is 4.79 Å². The minimum Gasteiger partial charge on any atom is -0.368 e. The molecule has 0 aliphatic carbocycles. The van der Waals surface area contributed by atoms with Gasteiger partial charge in [0.25, 0.3) is 0 Å². The third-order valence-corrected chi connectivity index (χ3v) is 6.70. The van der Waals surface area contributed by atoms with E-state index in [0.717, 1.165) is 26.1 Å². The van der Waals surface area contributed by atoms with Crippen LogP contribution in [0.1, 0.15) is 11.1 Å². The van der Waals surface area contributed by atoms with Gasteiger partial charge in [-0.15, -0.1) is 0 Å². The molecule has 0 aromatic heterocycles. The Balaban J connectivity index is 1.43. The lowest BCUT2D eigenvalue weighted by molar-refractivity contribution is -0.135. The third kappa shape index (κ3) is 3.90. The fraction of sp³-hybridized carbons (Fsp3) is 0.296. The molecule has 2 atom stereocenters. The third-order valence-electron chi connectivity index (χ3n) is 6.70. The number of nitrogens with zero attached hydrogens (tertiary/aromatic N) is 3. The highest BCUT2D eigenvalue weighted by molar-refractivity contribution is 5.82. The minimum atomic E-state index is -0.0462. The lowest BCUT2D eigenvalue weighted by Gasteiger charge is -2.50. The number of carbonyl (C=O) groups is 1. The summed E-state index contributed by atoms with van der Waals surface area (Å²) < 4.78 is 0. The molecule has 1 saturated heterocycles. The molecule has 5 rings (SSSR count). The van der Waals surface area contributed by atoms with Gasteiger partial charge in [0.2, 0.25) is 5.91 Å². The van der Waals surface area contributed by atoms with Crippen LogP contribution in [0.25, 0.3) is 0 Å². The molecular weight excluding hydrogens is 382 g/mol. The summed E-state index contributed by atoms with van der Waals surface area (Å²) in [5.74, 6) is 0.193. The summed E-state index contributed by atoms with van der Waals surface area (Å²) >= 11 is 0. The van der Waals surface area contributed by atoms with E-state index in [1.54, 1.807) is 0 Å². The van der Waals surface area contributed by atoms with Crippen LogP contribution in [-0.4, -0.2) is 43.5 Å². The number of anilines is 2. The first kappa shape index (κ1) is 19.7. The molecule has 0 unspecified atom stereocenters. The Morgan fingerprint density at radius 3 is 2.35 bits per heavy atom. The van der Waals surface area contributed by atoms with E-state index in [-0.39, 0.29) is 17.9 Å². The van der Waals surface area contributed by atoms with E-state index < -0.39 is 0 Å². The smallest absolute Gasteiger partial charge is 0.228 e. The van der Waals surface area contributed by atoms with Crippen molar-refractivity contribution in [2.45, 2.75) is 19.0 Å². The number of para-hydroxylation sites is 2. The first-order valence-corrected chi connectivity index (χ1v) is 11.1. The summed E-state index contributed by atoms with van der Waals surface area (Å²) in [6, 6.07) is 29.6. The molecule has 158 valence electrons. The van der Waals surface area contributed by atoms with Crippen molar-refractivity contribution in [3.8, 4) is 0 Å². The van der Waals surface area contributed by atoms with Gasteiger partial charge < -0.3 is 14.7 Å². The number of rotatable bonds is 4. The molecular formula is C27H29N3O. The number of carbonyl (C=O) groups excluding carboxylic acids is 1. The Kier molecular flexibility index (Phi) is 5.37. The van der Waals surface area contributed by atoms with Crippen LogP contribution in [-0.2, 0) is 17.8 Å². The van der Waals surface area contributed by atoms with Crippen molar-refractivity contribution in [3.63, 3.8) is 0 Å². The first-order valence-electron chi connectivity index (χ1n) is 11.1. The molecule has 0 bridgehead atoms. The maximum Gasteiger partial charge on any atom is 0.228 e. The van der Waals surface area contributed by atoms with Gasteiger partial charge in [0, 0.05) is 44.6 Å². The molecule has 1 amide bonds. The number of fused-ring (bicyclic) bond motifs is 3. The summed E-state index contributed by atoms with van der Waals surface area (Å²) in [5, 5.41) is 0. The van der Waals surface area contributed by atoms with Gasteiger partial charge >= 0.3 is 0 Å². The molecule has 2 aliphatic heterocycles. The summed E-state index contributed by atoms with van der Waals surface area (Å²) in [5.41, 5.74) is 5.00. The van der Waals surface area contributed by atoms with Crippen LogP contribution in [0.5, 0.6) is 0 Å². The van der Waals surface area contributed by atoms with Crippen molar-refractivity contribution in [3.05, 3.63) is 96.1 Å². The van der Waals surface area contributed by atoms with Crippen molar-refractivity contribution in [1.82, 2.24) is 4.90 Å². The van der Waals surface area contributed by atoms with Gasteiger partial charge in [-0.1, -0.05) is 66.7 Å². The Hall–Kier alpha value is -3.27. The predicted octanol–water partition coefficient (Wildman–Crippen LogP) is 4.21. The van der Waals surface area contributed by atoms with Crippen LogP contribution in [0.2, 0.25) is 0 Å². The van der Waals surface area contributed by atoms with Crippen molar-refractivity contribution in [1.29, 1.82) is 0 Å². The van der Waals surface area contributed by atoms with Crippen molar-refractivity contribution in [2.75, 3.05) is 36.5 Å². The normalized spacial score (nSPS) is 20.0. The van der Waals surface area contributed by atoms with Crippen LogP contribution in [0.15, 0.2) is 84.9 Å². The SMILES string of the molecule is CN(Cc1ccccc1)C(=O)[C@H]1Cc2ccccc2N2CCN(c3ccccc3)C[C@H]12. The van der Waals surface area contributed by atoms with E-state index in [4.69, 9.17) is 0 Å². The fourth-order valence-electron chi connectivity index (χ4n) is 5.13. The molecule has 31 heavy (non-hydrogen) atoms. The maximum atomic E-state index is 13.7. The molecule has 0 spiro atoms. The molecule has 0 N–H and O–H groups in total. The van der Waals surface area contributed by atoms with E-state index in [2.05, 4.69) is 76.5 Å². The maximum absolute atomic E-state index is 13.7. The zero-order chi connectivity index (χ0) is 21.2. The topological polar surface area (TPSA) is 26.8 Å². The predicted molar refractivity (Wildman–Crippen MR) is 126 cm³/mol. The Morgan fingerprint density at radius 2 is 1.58 bits per heavy atom. The van der Waals surface area contributed by atoms with E-state index >= 15 is 0 Å². The van der Waals surface area contributed by atoms with Crippen molar-refractivity contribution < 1.29 is 4.79 Å². The average molecular weight is 412 g/mol. The number of piperazine rings is 1. The highest BCUT2D eigenvalue weighted by Gasteiger charge is 2.42. The minimum absolute atomic E-state index is 0.0462. The Morgan fingerprint density at radius 1 is 0.903 bits per heavy atom. The van der Waals surface area contributed by atoms with Crippen LogP contribution in [0.4, 0.5) is 11.4 Å². The van der Waals surface area contributed by atoms with Gasteiger partial charge in [-0.25, -0.2) is 0 Å². The second-order valence-electron chi connectivity index (χ2n) is 8.66. The molecule has 0 radical (unpaired) electrons. The monoisotopic (exact) mass is 411 g/mol. The number of amides is 1. The molecule has 2 heterocycles. The van der Waals surface area contributed by atoms with Gasteiger partial charge in [-0.05, 0) is 35.7 Å². The standard InChI is InChI=1S/C27H29N3O/c1-28(19-21-10-4-2-5-11-21)27(31)24-18-22-12-8-9-15-25(22)30-17-16-29(20-26(24)30)23-13-6-3-7-14-23/h2-15,24,26H,16-20H2,1H3/t24-,26+/m0/s1. The van der Waals surface area contributed by atoms with Gasteiger partial charge in [0.1, 0.15) is 0 Å². The number of hydrogen-bond donors (Lipinski definition) is 0. The summed E-state index contributed by atoms with van der Waals surface area (Å²) in [6.07, 6.45) is 0.804. The van der Waals surface area contributed by atoms with Crippen LogP contribution >= 0.6 is 0 Å². The lowest BCUT2D eigenvalue weighted by atomic mass is 9.83. The molecule has 4 nitrogen and oxygen atoms in total. The van der Waals surface area contributed by atoms with Gasteiger partial charge in [-0.3, -0.25) is 4.79 Å². The summed E-state index contributed by atoms with van der Waals surface area (Å²) in [7, 11) is 1.94. The highest BCUT2D eigenvalue weighted by atomic mass is 16.2. The average Bonchev–Trinajstić information content (AvgIpc) is 2.84. The van der Waals surface area contributed by atoms with Gasteiger partial charge in [-0.2, -0.15) is 0 Å². The second kappa shape index (κ2) is 8.46. The van der Waals surface area contributed by atoms with Crippen molar-refractivity contribution >= 4 is 17.3 Å². The van der Waals surface area contributed by atoms with Crippen LogP contribution in [0, 0.1) is 5.92 Å². The molecule has 0 saturated carbocycles. The second-order valence-corrected chi connectivity index (χ2v) is 8.66. The zero-order valence-electron chi connectivity index (χ0n) is 18.0. The zero-order valence-corrected chi connectivity index (χ0v) is 18.0. The quantitative estimate of drug-likeness (QED) is 0.643. The first-order chi connectivity index (χ1) is 15.2. The molecule has 4 heteroatoms. The fourth-order valence-corrected chi connectivity index (χ4v) is 5.13. The number of benzene rings is 3. The Bertz CT molecular complexity index is 1040. The number of hydrogen-bond acceptors (Lipinski definition) is 3. The molecule has 2 aliphatic rings. The summed E-state index contributed by atoms with van der Waals surface area (Å²) in [6.45, 7) is 3.42. The molecule has 3 aromatic rings. The highest BCUT2D eigenvalue weighted by Crippen LogP contribution is 2.37. The van der Waals surface area contributed by atoms with E-state index in [1.165, 1.54) is 22.5 Å². The van der Waals surface area contributed by atoms with Crippen molar-refractivity contribution in [2.24, 2.45) is 5.92 Å². The van der Waals surface area contributed by atoms with Gasteiger partial charge in [0.05, 0.1) is 12.0 Å². The summed E-state index contributed by atoms with van der Waals surface area (Å²) in [4.78, 5) is 20.5.